The van der Waals surface area contributed by atoms with Crippen molar-refractivity contribution in [2.75, 3.05) is 11.5 Å². The summed E-state index contributed by atoms with van der Waals surface area (Å²) < 4.78 is 23.8. The predicted molar refractivity (Wildman–Crippen MR) is 31.6 cm³/mol. The largest absolute Gasteiger partial charge is 0.326 e. The van der Waals surface area contributed by atoms with Crippen LogP contribution in [0, 0.1) is 5.92 Å². The summed E-state index contributed by atoms with van der Waals surface area (Å²) in [6.45, 7) is 0. The van der Waals surface area contributed by atoms with Crippen molar-refractivity contribution in [1.29, 1.82) is 0 Å². The first-order valence-corrected chi connectivity index (χ1v) is 3.78. The molecule has 0 spiro atoms. The Hall–Kier alpha value is 0.500. The van der Waals surface area contributed by atoms with Gasteiger partial charge >= 0.3 is 5.38 Å². The third-order valence-corrected chi connectivity index (χ3v) is 2.69. The molecule has 0 aromatic carbocycles. The summed E-state index contributed by atoms with van der Waals surface area (Å²) >= 11 is 6.20. The second-order valence-electron chi connectivity index (χ2n) is 1.78. The van der Waals surface area contributed by atoms with Crippen LogP contribution in [0.3, 0.4) is 0 Å². The fourth-order valence-corrected chi connectivity index (χ4v) is 1.65. The molecule has 0 unspecified atom stereocenters. The highest BCUT2D eigenvalue weighted by molar-refractivity contribution is 8.00. The molecule has 8 heavy (non-hydrogen) atoms. The number of halogens is 3. The average Bonchev–Trinajstić information content (AvgIpc) is 1.16. The quantitative estimate of drug-likeness (QED) is 0.527. The van der Waals surface area contributed by atoms with Gasteiger partial charge in [-0.1, -0.05) is 0 Å². The molecule has 0 N–H and O–H groups in total. The Labute approximate surface area is 55.6 Å². The molecule has 0 amide bonds. The van der Waals surface area contributed by atoms with Crippen molar-refractivity contribution >= 4 is 23.4 Å². The van der Waals surface area contributed by atoms with Crippen molar-refractivity contribution in [3.63, 3.8) is 0 Å². The minimum absolute atomic E-state index is 0.510. The number of hydrogen-bond acceptors (Lipinski definition) is 1. The zero-order valence-electron chi connectivity index (χ0n) is 4.03. The molecule has 0 aromatic rings. The van der Waals surface area contributed by atoms with Crippen LogP contribution in [0.2, 0.25) is 0 Å². The Kier molecular flexibility index (Phi) is 1.68. The van der Waals surface area contributed by atoms with Crippen LogP contribution in [0.25, 0.3) is 0 Å². The van der Waals surface area contributed by atoms with E-state index in [1.54, 1.807) is 0 Å². The summed E-state index contributed by atoms with van der Waals surface area (Å²) in [6.07, 6.45) is 0. The lowest BCUT2D eigenvalue weighted by Gasteiger charge is -2.28. The zero-order valence-corrected chi connectivity index (χ0v) is 5.61. The fraction of sp³-hybridized carbons (Fsp3) is 1.00. The molecule has 0 aromatic heterocycles. The van der Waals surface area contributed by atoms with Crippen molar-refractivity contribution in [2.45, 2.75) is 5.38 Å². The van der Waals surface area contributed by atoms with Crippen molar-refractivity contribution < 1.29 is 8.78 Å². The van der Waals surface area contributed by atoms with E-state index in [0.717, 1.165) is 0 Å². The number of hydrogen-bond donors (Lipinski definition) is 0. The van der Waals surface area contributed by atoms with Gasteiger partial charge in [-0.05, 0) is 11.6 Å². The first-order chi connectivity index (χ1) is 3.61. The van der Waals surface area contributed by atoms with E-state index < -0.39 is 11.3 Å². The topological polar surface area (TPSA) is 0 Å². The molecule has 48 valence electrons. The maximum Gasteiger partial charge on any atom is 0.326 e. The maximum absolute atomic E-state index is 11.9. The van der Waals surface area contributed by atoms with Crippen LogP contribution < -0.4 is 0 Å². The smallest absolute Gasteiger partial charge is 0.188 e. The van der Waals surface area contributed by atoms with Gasteiger partial charge in [0.05, 0.1) is 5.92 Å². The van der Waals surface area contributed by atoms with Crippen LogP contribution in [-0.2, 0) is 0 Å². The number of alkyl halides is 3. The molecule has 1 rings (SSSR count). The van der Waals surface area contributed by atoms with Gasteiger partial charge in [0.25, 0.3) is 0 Å². The van der Waals surface area contributed by atoms with Gasteiger partial charge in [0.1, 0.15) is 0 Å². The Balaban J connectivity index is 2.34. The van der Waals surface area contributed by atoms with Crippen LogP contribution in [0.4, 0.5) is 8.78 Å². The maximum atomic E-state index is 11.9. The molecule has 0 atom stereocenters. The molecule has 1 fully saturated rings. The molecule has 1 saturated heterocycles. The van der Waals surface area contributed by atoms with Gasteiger partial charge in [0.15, 0.2) is 0 Å². The van der Waals surface area contributed by atoms with Gasteiger partial charge in [-0.25, -0.2) is 0 Å². The average molecular weight is 159 g/mol. The Bertz CT molecular complexity index is 86.5. The van der Waals surface area contributed by atoms with E-state index in [9.17, 15) is 8.78 Å². The van der Waals surface area contributed by atoms with Gasteiger partial charge in [-0.2, -0.15) is 20.5 Å². The second kappa shape index (κ2) is 2.03. The van der Waals surface area contributed by atoms with Crippen molar-refractivity contribution in [3.05, 3.63) is 0 Å². The molecule has 1 aliphatic heterocycles. The van der Waals surface area contributed by atoms with Crippen LogP contribution in [0.5, 0.6) is 0 Å². The Morgan fingerprint density at radius 3 is 2.00 bits per heavy atom. The lowest BCUT2D eigenvalue weighted by atomic mass is 10.2. The van der Waals surface area contributed by atoms with Gasteiger partial charge in [-0.15, -0.1) is 0 Å². The van der Waals surface area contributed by atoms with Gasteiger partial charge in [0.2, 0.25) is 0 Å². The summed E-state index contributed by atoms with van der Waals surface area (Å²) in [7, 11) is 0. The van der Waals surface area contributed by atoms with Gasteiger partial charge < -0.3 is 0 Å². The number of rotatable bonds is 1. The van der Waals surface area contributed by atoms with Crippen LogP contribution in [-0.4, -0.2) is 16.9 Å². The molecule has 0 aliphatic carbocycles. The predicted octanol–water partition coefficient (Wildman–Crippen LogP) is 2.18. The van der Waals surface area contributed by atoms with Crippen LogP contribution in [0.1, 0.15) is 0 Å². The standard InChI is InChI=1S/C4H5ClF2S/c5-4(6,7)3-1-8-2-3/h3H,1-2H2. The molecule has 1 aliphatic rings. The summed E-state index contributed by atoms with van der Waals surface area (Å²) in [5.41, 5.74) is 0. The molecule has 0 nitrogen and oxygen atoms in total. The minimum atomic E-state index is -2.95. The monoisotopic (exact) mass is 158 g/mol. The molecule has 0 bridgehead atoms. The minimum Gasteiger partial charge on any atom is -0.188 e. The van der Waals surface area contributed by atoms with E-state index in [1.807, 2.05) is 0 Å². The molecular weight excluding hydrogens is 154 g/mol. The summed E-state index contributed by atoms with van der Waals surface area (Å²) in [5, 5.41) is -2.95. The van der Waals surface area contributed by atoms with Crippen molar-refractivity contribution in [3.8, 4) is 0 Å². The van der Waals surface area contributed by atoms with E-state index in [4.69, 9.17) is 0 Å². The molecule has 1 heterocycles. The lowest BCUT2D eigenvalue weighted by Crippen LogP contribution is -2.32. The van der Waals surface area contributed by atoms with Crippen LogP contribution >= 0.6 is 23.4 Å². The zero-order chi connectivity index (χ0) is 6.20. The lowest BCUT2D eigenvalue weighted by molar-refractivity contribution is 0.0448. The third kappa shape index (κ3) is 1.26. The number of thioether (sulfide) groups is 1. The van der Waals surface area contributed by atoms with E-state index >= 15 is 0 Å². The molecule has 0 saturated carbocycles. The van der Waals surface area contributed by atoms with E-state index in [1.165, 1.54) is 11.8 Å². The van der Waals surface area contributed by atoms with Crippen LogP contribution in [0.15, 0.2) is 0 Å². The second-order valence-corrected chi connectivity index (χ2v) is 3.35. The SMILES string of the molecule is FC(F)(Cl)C1CSC1. The summed E-state index contributed by atoms with van der Waals surface area (Å²) in [6, 6.07) is 0. The summed E-state index contributed by atoms with van der Waals surface area (Å²) in [4.78, 5) is 0. The normalized spacial score (nSPS) is 22.9. The first kappa shape index (κ1) is 6.62. The highest BCUT2D eigenvalue weighted by Crippen LogP contribution is 2.39. The highest BCUT2D eigenvalue weighted by Gasteiger charge is 2.41. The molecule has 0 radical (unpaired) electrons. The third-order valence-electron chi connectivity index (χ3n) is 1.10. The first-order valence-electron chi connectivity index (χ1n) is 2.25. The van der Waals surface area contributed by atoms with E-state index in [2.05, 4.69) is 11.6 Å². The molecular formula is C4H5ClF2S. The van der Waals surface area contributed by atoms with Gasteiger partial charge in [0, 0.05) is 11.5 Å². The van der Waals surface area contributed by atoms with E-state index in [0.29, 0.717) is 11.5 Å². The van der Waals surface area contributed by atoms with Crippen molar-refractivity contribution in [1.82, 2.24) is 0 Å². The summed E-state index contributed by atoms with van der Waals surface area (Å²) in [5.74, 6) is 0.446. The molecule has 4 heteroatoms. The van der Waals surface area contributed by atoms with Gasteiger partial charge in [-0.3, -0.25) is 0 Å². The highest BCUT2D eigenvalue weighted by atomic mass is 35.5. The van der Waals surface area contributed by atoms with E-state index in [-0.39, 0.29) is 0 Å². The Morgan fingerprint density at radius 1 is 1.50 bits per heavy atom. The van der Waals surface area contributed by atoms with Crippen molar-refractivity contribution in [2.24, 2.45) is 5.92 Å². The Morgan fingerprint density at radius 2 is 2.00 bits per heavy atom. The fourth-order valence-electron chi connectivity index (χ4n) is 0.425.